The molecular weight excluding hydrogens is 415 g/mol. The highest BCUT2D eigenvalue weighted by Crippen LogP contribution is 2.26. The monoisotopic (exact) mass is 432 g/mol. The van der Waals surface area contributed by atoms with Crippen molar-refractivity contribution in [1.29, 1.82) is 0 Å². The number of amides is 1. The minimum Gasteiger partial charge on any atom is -0.371 e. The third kappa shape index (κ3) is 3.61. The van der Waals surface area contributed by atoms with Crippen molar-refractivity contribution in [1.82, 2.24) is 19.6 Å². The highest BCUT2D eigenvalue weighted by molar-refractivity contribution is 6.33. The quantitative estimate of drug-likeness (QED) is 0.684. The van der Waals surface area contributed by atoms with Gasteiger partial charge >= 0.3 is 0 Å². The van der Waals surface area contributed by atoms with E-state index in [9.17, 15) is 9.59 Å². The Morgan fingerprint density at radius 1 is 1.17 bits per heavy atom. The summed E-state index contributed by atoms with van der Waals surface area (Å²) in [6.45, 7) is 2.42. The molecule has 0 saturated carbocycles. The fraction of sp³-hybridized carbons (Fsp3) is 0.263. The van der Waals surface area contributed by atoms with E-state index in [0.29, 0.717) is 29.4 Å². The van der Waals surface area contributed by atoms with Crippen LogP contribution in [-0.2, 0) is 11.8 Å². The van der Waals surface area contributed by atoms with Crippen LogP contribution in [0.25, 0.3) is 5.69 Å². The van der Waals surface area contributed by atoms with Crippen molar-refractivity contribution >= 4 is 40.6 Å². The van der Waals surface area contributed by atoms with Crippen LogP contribution >= 0.6 is 23.2 Å². The van der Waals surface area contributed by atoms with E-state index >= 15 is 0 Å². The van der Waals surface area contributed by atoms with Crippen LogP contribution in [0.1, 0.15) is 12.1 Å². The number of nitrogens with one attached hydrogen (secondary N) is 1. The minimum absolute atomic E-state index is 0.0300. The molecule has 4 rings (SSSR count). The fourth-order valence-corrected chi connectivity index (χ4v) is 3.69. The Kier molecular flexibility index (Phi) is 5.06. The lowest BCUT2D eigenvalue weighted by Crippen LogP contribution is -2.35. The first-order valence-electron chi connectivity index (χ1n) is 8.97. The number of nitrogens with zero attached hydrogens (tertiary/aromatic N) is 5. The molecule has 1 amide bonds. The predicted octanol–water partition coefficient (Wildman–Crippen LogP) is 2.80. The smallest absolute Gasteiger partial charge is 0.292 e. The van der Waals surface area contributed by atoms with E-state index in [0.717, 1.165) is 11.5 Å². The van der Waals surface area contributed by atoms with Gasteiger partial charge in [-0.3, -0.25) is 19.2 Å². The Hall–Kier alpha value is -2.84. The van der Waals surface area contributed by atoms with Gasteiger partial charge in [-0.05, 0) is 37.6 Å². The van der Waals surface area contributed by atoms with Gasteiger partial charge in [-0.2, -0.15) is 14.9 Å². The SMILES string of the molecule is Cc1cc(N2CCC(Nc3cnn(-c4ccc(Cl)cc4)c(=O)c3Cl)C2=O)n(C)n1. The Bertz CT molecular complexity index is 1140. The molecule has 1 aliphatic rings. The molecule has 0 bridgehead atoms. The van der Waals surface area contributed by atoms with Gasteiger partial charge < -0.3 is 5.32 Å². The second kappa shape index (κ2) is 7.53. The molecule has 1 saturated heterocycles. The standard InChI is InChI=1S/C19H18Cl2N6O2/c1-11-9-16(25(2)24-11)26-8-7-14(18(26)28)23-15-10-22-27(19(29)17(15)21)13-5-3-12(20)4-6-13/h3-6,9-10,14,23H,7-8H2,1-2H3. The highest BCUT2D eigenvalue weighted by atomic mass is 35.5. The van der Waals surface area contributed by atoms with Crippen molar-refractivity contribution < 1.29 is 4.79 Å². The van der Waals surface area contributed by atoms with Gasteiger partial charge in [-0.15, -0.1) is 0 Å². The number of carbonyl (C=O) groups is 1. The molecule has 0 radical (unpaired) electrons. The van der Waals surface area contributed by atoms with Gasteiger partial charge in [-0.1, -0.05) is 23.2 Å². The summed E-state index contributed by atoms with van der Waals surface area (Å²) in [6.07, 6.45) is 2.02. The first-order chi connectivity index (χ1) is 13.8. The van der Waals surface area contributed by atoms with Crippen LogP contribution in [0.15, 0.2) is 41.3 Å². The Morgan fingerprint density at radius 3 is 2.55 bits per heavy atom. The van der Waals surface area contributed by atoms with Crippen molar-refractivity contribution in [3.8, 4) is 5.69 Å². The summed E-state index contributed by atoms with van der Waals surface area (Å²) in [7, 11) is 1.80. The normalized spacial score (nSPS) is 16.5. The molecule has 3 aromatic rings. The van der Waals surface area contributed by atoms with Gasteiger partial charge in [0.1, 0.15) is 16.9 Å². The van der Waals surface area contributed by atoms with Gasteiger partial charge in [0.25, 0.3) is 11.5 Å². The highest BCUT2D eigenvalue weighted by Gasteiger charge is 2.34. The number of hydrogen-bond donors (Lipinski definition) is 1. The molecule has 0 aliphatic carbocycles. The van der Waals surface area contributed by atoms with Crippen molar-refractivity contribution in [2.75, 3.05) is 16.8 Å². The number of aryl methyl sites for hydroxylation is 2. The number of aromatic nitrogens is 4. The second-order valence-corrected chi connectivity index (χ2v) is 7.62. The van der Waals surface area contributed by atoms with Crippen LogP contribution in [0, 0.1) is 6.92 Å². The zero-order valence-corrected chi connectivity index (χ0v) is 17.3. The molecule has 150 valence electrons. The first kappa shape index (κ1) is 19.5. The number of halogens is 2. The van der Waals surface area contributed by atoms with E-state index < -0.39 is 11.6 Å². The average molecular weight is 433 g/mol. The molecule has 29 heavy (non-hydrogen) atoms. The summed E-state index contributed by atoms with van der Waals surface area (Å²) >= 11 is 12.2. The summed E-state index contributed by atoms with van der Waals surface area (Å²) in [5.74, 6) is 0.630. The summed E-state index contributed by atoms with van der Waals surface area (Å²) in [5.41, 5.74) is 1.22. The van der Waals surface area contributed by atoms with Crippen molar-refractivity contribution in [2.24, 2.45) is 7.05 Å². The molecule has 1 aliphatic heterocycles. The Labute approximate surface area is 176 Å². The third-order valence-corrected chi connectivity index (χ3v) is 5.40. The predicted molar refractivity (Wildman–Crippen MR) is 112 cm³/mol. The van der Waals surface area contributed by atoms with Gasteiger partial charge in [0.2, 0.25) is 0 Å². The van der Waals surface area contributed by atoms with Gasteiger partial charge in [0.15, 0.2) is 0 Å². The van der Waals surface area contributed by atoms with E-state index in [2.05, 4.69) is 15.5 Å². The van der Waals surface area contributed by atoms with E-state index in [1.165, 1.54) is 10.9 Å². The molecule has 2 aromatic heterocycles. The van der Waals surface area contributed by atoms with Crippen LogP contribution in [0.3, 0.4) is 0 Å². The largest absolute Gasteiger partial charge is 0.371 e. The summed E-state index contributed by atoms with van der Waals surface area (Å²) in [4.78, 5) is 27.2. The van der Waals surface area contributed by atoms with Crippen LogP contribution in [-0.4, -0.2) is 38.1 Å². The maximum absolute atomic E-state index is 12.9. The lowest BCUT2D eigenvalue weighted by molar-refractivity contribution is -0.117. The van der Waals surface area contributed by atoms with Crippen LogP contribution < -0.4 is 15.8 Å². The Morgan fingerprint density at radius 2 is 1.90 bits per heavy atom. The molecule has 3 heterocycles. The lowest BCUT2D eigenvalue weighted by atomic mass is 10.2. The van der Waals surface area contributed by atoms with E-state index in [1.807, 2.05) is 13.0 Å². The van der Waals surface area contributed by atoms with Crippen molar-refractivity contribution in [3.63, 3.8) is 0 Å². The minimum atomic E-state index is -0.504. The van der Waals surface area contributed by atoms with Crippen molar-refractivity contribution in [3.05, 3.63) is 62.6 Å². The molecule has 8 nitrogen and oxygen atoms in total. The van der Waals surface area contributed by atoms with E-state index in [4.69, 9.17) is 23.2 Å². The Balaban J connectivity index is 1.56. The van der Waals surface area contributed by atoms with Crippen LogP contribution in [0.5, 0.6) is 0 Å². The fourth-order valence-electron chi connectivity index (χ4n) is 3.38. The lowest BCUT2D eigenvalue weighted by Gasteiger charge is -2.18. The number of carbonyl (C=O) groups excluding carboxylic acids is 1. The molecule has 1 unspecified atom stereocenters. The number of anilines is 2. The van der Waals surface area contributed by atoms with Gasteiger partial charge in [0, 0.05) is 24.7 Å². The average Bonchev–Trinajstić information content (AvgIpc) is 3.21. The maximum Gasteiger partial charge on any atom is 0.292 e. The second-order valence-electron chi connectivity index (χ2n) is 6.81. The zero-order chi connectivity index (χ0) is 20.7. The zero-order valence-electron chi connectivity index (χ0n) is 15.8. The number of benzene rings is 1. The van der Waals surface area contributed by atoms with Gasteiger partial charge in [0.05, 0.1) is 23.3 Å². The molecule has 1 atom stereocenters. The molecule has 1 fully saturated rings. The summed E-state index contributed by atoms with van der Waals surface area (Å²) in [6, 6.07) is 8.04. The molecule has 1 aromatic carbocycles. The molecular formula is C19H18Cl2N6O2. The topological polar surface area (TPSA) is 85.0 Å². The third-order valence-electron chi connectivity index (χ3n) is 4.78. The number of rotatable bonds is 4. The molecule has 10 heteroatoms. The molecule has 1 N–H and O–H groups in total. The van der Waals surface area contributed by atoms with Crippen molar-refractivity contribution in [2.45, 2.75) is 19.4 Å². The summed E-state index contributed by atoms with van der Waals surface area (Å²) < 4.78 is 2.86. The first-order valence-corrected chi connectivity index (χ1v) is 9.73. The molecule has 0 spiro atoms. The van der Waals surface area contributed by atoms with Gasteiger partial charge in [-0.25, -0.2) is 0 Å². The summed E-state index contributed by atoms with van der Waals surface area (Å²) in [5, 5.41) is 12.1. The van der Waals surface area contributed by atoms with Crippen LogP contribution in [0.2, 0.25) is 10.0 Å². The number of hydrogen-bond acceptors (Lipinski definition) is 5. The van der Waals surface area contributed by atoms with E-state index in [1.54, 1.807) is 40.9 Å². The van der Waals surface area contributed by atoms with E-state index in [-0.39, 0.29) is 10.9 Å². The maximum atomic E-state index is 12.9. The van der Waals surface area contributed by atoms with Crippen LogP contribution in [0.4, 0.5) is 11.5 Å².